The Bertz CT molecular complexity index is 1290. The summed E-state index contributed by atoms with van der Waals surface area (Å²) >= 11 is 0. The predicted molar refractivity (Wildman–Crippen MR) is 106 cm³/mol. The van der Waals surface area contributed by atoms with Gasteiger partial charge in [0.2, 0.25) is 0 Å². The van der Waals surface area contributed by atoms with Crippen LogP contribution in [0.25, 0.3) is 11.3 Å². The normalized spacial score (nSPS) is 13.6. The number of halogens is 6. The highest BCUT2D eigenvalue weighted by Crippen LogP contribution is 2.46. The minimum atomic E-state index is -4.27. The van der Waals surface area contributed by atoms with Crippen LogP contribution in [-0.4, -0.2) is 41.9 Å². The van der Waals surface area contributed by atoms with E-state index >= 15 is 8.78 Å². The Kier molecular flexibility index (Phi) is 6.39. The van der Waals surface area contributed by atoms with Gasteiger partial charge in [0.25, 0.3) is 0 Å². The molecule has 0 saturated heterocycles. The van der Waals surface area contributed by atoms with Gasteiger partial charge < -0.3 is 9.84 Å². The van der Waals surface area contributed by atoms with Crippen LogP contribution in [0.4, 0.5) is 26.3 Å². The molecule has 8 nitrogen and oxygen atoms in total. The summed E-state index contributed by atoms with van der Waals surface area (Å²) in [6.45, 7) is -4.02. The van der Waals surface area contributed by atoms with Crippen molar-refractivity contribution in [3.8, 4) is 17.0 Å². The van der Waals surface area contributed by atoms with Crippen LogP contribution in [0.1, 0.15) is 11.3 Å². The van der Waals surface area contributed by atoms with Gasteiger partial charge in [-0.3, -0.25) is 9.97 Å². The first-order chi connectivity index (χ1) is 16.6. The minimum Gasteiger partial charge on any atom is -0.435 e. The summed E-state index contributed by atoms with van der Waals surface area (Å²) in [7, 11) is 0. The highest BCUT2D eigenvalue weighted by molar-refractivity contribution is 5.59. The second-order valence-corrected chi connectivity index (χ2v) is 7.26. The molecule has 0 saturated carbocycles. The van der Waals surface area contributed by atoms with E-state index in [1.54, 1.807) is 0 Å². The summed E-state index contributed by atoms with van der Waals surface area (Å²) in [6.07, 6.45) is 2.56. The van der Waals surface area contributed by atoms with Crippen molar-refractivity contribution in [2.75, 3.05) is 0 Å². The first-order valence-electron chi connectivity index (χ1n) is 9.74. The van der Waals surface area contributed by atoms with Gasteiger partial charge in [-0.2, -0.15) is 17.6 Å². The van der Waals surface area contributed by atoms with E-state index in [1.165, 1.54) is 24.3 Å². The van der Waals surface area contributed by atoms with Crippen LogP contribution in [0.2, 0.25) is 0 Å². The highest BCUT2D eigenvalue weighted by atomic mass is 19.3. The largest absolute Gasteiger partial charge is 0.435 e. The van der Waals surface area contributed by atoms with Gasteiger partial charge in [0.15, 0.2) is 5.60 Å². The zero-order chi connectivity index (χ0) is 25.2. The van der Waals surface area contributed by atoms with Gasteiger partial charge in [-0.1, -0.05) is 0 Å². The molecule has 2 aromatic heterocycles. The van der Waals surface area contributed by atoms with Gasteiger partial charge in [0, 0.05) is 17.2 Å². The lowest BCUT2D eigenvalue weighted by Crippen LogP contribution is -2.48. The number of rotatable bonds is 8. The molecule has 0 radical (unpaired) electrons. The molecule has 4 rings (SSSR count). The molecule has 1 atom stereocenters. The van der Waals surface area contributed by atoms with E-state index in [1.807, 2.05) is 0 Å². The van der Waals surface area contributed by atoms with Crippen LogP contribution in [0, 0.1) is 11.6 Å². The number of aliphatic hydroxyl groups is 1. The lowest BCUT2D eigenvalue weighted by Gasteiger charge is -2.35. The Hall–Kier alpha value is -4.07. The van der Waals surface area contributed by atoms with E-state index in [0.717, 1.165) is 23.3 Å². The Balaban J connectivity index is 1.70. The number of aromatic nitrogens is 6. The average Bonchev–Trinajstić information content (AvgIpc) is 3.32. The van der Waals surface area contributed by atoms with Crippen molar-refractivity contribution in [3.63, 3.8) is 0 Å². The third kappa shape index (κ3) is 4.77. The number of tetrazole rings is 1. The van der Waals surface area contributed by atoms with Gasteiger partial charge in [-0.05, 0) is 46.8 Å². The zero-order valence-corrected chi connectivity index (χ0v) is 17.4. The molecule has 4 aromatic rings. The molecule has 182 valence electrons. The van der Waals surface area contributed by atoms with Gasteiger partial charge in [-0.25, -0.2) is 13.5 Å². The van der Waals surface area contributed by atoms with Gasteiger partial charge in [0.1, 0.15) is 29.4 Å². The van der Waals surface area contributed by atoms with E-state index in [9.17, 15) is 22.7 Å². The van der Waals surface area contributed by atoms with E-state index in [0.29, 0.717) is 23.9 Å². The van der Waals surface area contributed by atoms with Crippen LogP contribution in [0.15, 0.2) is 61.2 Å². The predicted octanol–water partition coefficient (Wildman–Crippen LogP) is 3.69. The highest BCUT2D eigenvalue weighted by Gasteiger charge is 2.58. The fourth-order valence-electron chi connectivity index (χ4n) is 3.32. The van der Waals surface area contributed by atoms with Gasteiger partial charge in [0.05, 0.1) is 24.6 Å². The molecule has 0 aliphatic heterocycles. The van der Waals surface area contributed by atoms with E-state index in [4.69, 9.17) is 0 Å². The molecule has 1 unspecified atom stereocenters. The molecule has 0 fully saturated rings. The van der Waals surface area contributed by atoms with Crippen LogP contribution in [0.3, 0.4) is 0 Å². The number of hydrogen-bond donors (Lipinski definition) is 1. The first-order valence-corrected chi connectivity index (χ1v) is 9.74. The summed E-state index contributed by atoms with van der Waals surface area (Å²) in [6, 6.07) is 6.94. The number of benzene rings is 2. The van der Waals surface area contributed by atoms with Crippen molar-refractivity contribution >= 4 is 0 Å². The van der Waals surface area contributed by atoms with Crippen molar-refractivity contribution in [2.24, 2.45) is 0 Å². The fourth-order valence-corrected chi connectivity index (χ4v) is 3.32. The molecule has 14 heteroatoms. The van der Waals surface area contributed by atoms with E-state index < -0.39 is 47.6 Å². The molecule has 35 heavy (non-hydrogen) atoms. The quantitative estimate of drug-likeness (QED) is 0.372. The summed E-state index contributed by atoms with van der Waals surface area (Å²) in [5.74, 6) is -6.84. The number of ether oxygens (including phenoxy) is 1. The third-order valence-corrected chi connectivity index (χ3v) is 5.03. The maximum atomic E-state index is 15.7. The fraction of sp³-hybridized carbons (Fsp3) is 0.190. The van der Waals surface area contributed by atoms with Crippen molar-refractivity contribution < 1.29 is 36.2 Å². The average molecular weight is 496 g/mol. The summed E-state index contributed by atoms with van der Waals surface area (Å²) in [4.78, 5) is 7.59. The van der Waals surface area contributed by atoms with Crippen molar-refractivity contribution in [1.29, 1.82) is 0 Å². The van der Waals surface area contributed by atoms with Gasteiger partial charge in [-0.15, -0.1) is 5.10 Å². The van der Waals surface area contributed by atoms with Crippen LogP contribution < -0.4 is 4.74 Å². The lowest BCUT2D eigenvalue weighted by atomic mass is 9.85. The molecular formula is C21H14F6N6O2. The Morgan fingerprint density at radius 2 is 1.74 bits per heavy atom. The topological polar surface area (TPSA) is 98.8 Å². The number of alkyl halides is 4. The lowest BCUT2D eigenvalue weighted by molar-refractivity contribution is -0.208. The maximum Gasteiger partial charge on any atom is 0.387 e. The monoisotopic (exact) mass is 496 g/mol. The molecular weight excluding hydrogens is 482 g/mol. The first kappa shape index (κ1) is 24.1. The summed E-state index contributed by atoms with van der Waals surface area (Å²) in [5, 5.41) is 21.2. The Labute approximate surface area is 192 Å². The molecule has 2 aromatic carbocycles. The van der Waals surface area contributed by atoms with Crippen molar-refractivity contribution in [1.82, 2.24) is 30.2 Å². The van der Waals surface area contributed by atoms with Crippen molar-refractivity contribution in [3.05, 3.63) is 84.1 Å². The maximum absolute atomic E-state index is 15.7. The molecule has 0 aliphatic carbocycles. The molecule has 0 aliphatic rings. The van der Waals surface area contributed by atoms with Crippen LogP contribution in [0.5, 0.6) is 5.75 Å². The second-order valence-electron chi connectivity index (χ2n) is 7.26. The number of nitrogens with zero attached hydrogens (tertiary/aromatic N) is 6. The van der Waals surface area contributed by atoms with E-state index in [-0.39, 0.29) is 11.4 Å². The third-order valence-electron chi connectivity index (χ3n) is 5.03. The summed E-state index contributed by atoms with van der Waals surface area (Å²) in [5.41, 5.74) is -4.80. The molecule has 2 heterocycles. The second kappa shape index (κ2) is 9.29. The molecule has 0 amide bonds. The van der Waals surface area contributed by atoms with E-state index in [2.05, 4.69) is 30.2 Å². The standard InChI is InChI=1S/C21H14F6N6O2/c22-13-3-6-15(16(23)7-13)20(34,10-33-11-30-31-32-33)21(26,27)18-9-28-17(8-29-18)12-1-4-14(5-2-12)35-19(24)25/h1-9,11,19,34H,10H2. The minimum absolute atomic E-state index is 0.102. The summed E-state index contributed by atoms with van der Waals surface area (Å²) < 4.78 is 88.9. The molecule has 0 bridgehead atoms. The molecule has 0 spiro atoms. The zero-order valence-electron chi connectivity index (χ0n) is 17.4. The SMILES string of the molecule is OC(Cn1cnnn1)(c1ccc(F)cc1F)C(F)(F)c1cnc(-c2ccc(OC(F)F)cc2)cn1. The smallest absolute Gasteiger partial charge is 0.387 e. The molecule has 1 N–H and O–H groups in total. The van der Waals surface area contributed by atoms with Crippen LogP contribution in [-0.2, 0) is 18.1 Å². The van der Waals surface area contributed by atoms with Crippen LogP contribution >= 0.6 is 0 Å². The Morgan fingerprint density at radius 1 is 1.00 bits per heavy atom. The van der Waals surface area contributed by atoms with Gasteiger partial charge >= 0.3 is 12.5 Å². The van der Waals surface area contributed by atoms with Crippen molar-refractivity contribution in [2.45, 2.75) is 24.7 Å². The Morgan fingerprint density at radius 3 is 2.31 bits per heavy atom. The number of hydrogen-bond acceptors (Lipinski definition) is 7.